The predicted octanol–water partition coefficient (Wildman–Crippen LogP) is 8.87. The number of carbonyl (C=O) groups is 4. The molecule has 8 heteroatoms. The highest BCUT2D eigenvalue weighted by Crippen LogP contribution is 2.77. The summed E-state index contributed by atoms with van der Waals surface area (Å²) in [4.78, 5) is 52.0. The van der Waals surface area contributed by atoms with E-state index in [2.05, 4.69) is 53.4 Å². The summed E-state index contributed by atoms with van der Waals surface area (Å²) in [5.74, 6) is -1.01. The summed E-state index contributed by atoms with van der Waals surface area (Å²) in [5, 5.41) is 22.9. The lowest BCUT2D eigenvalue weighted by molar-refractivity contribution is -0.249. The van der Waals surface area contributed by atoms with Crippen LogP contribution in [-0.2, 0) is 30.3 Å². The van der Waals surface area contributed by atoms with E-state index in [1.54, 1.807) is 13.8 Å². The van der Waals surface area contributed by atoms with Crippen LogP contribution in [0.1, 0.15) is 132 Å². The maximum Gasteiger partial charge on any atom is 0.326 e. The number of hydrogen-bond donors (Lipinski definition) is 3. The maximum atomic E-state index is 14.7. The SMILES string of the molecule is C=C(C)[C@@H]1CC[C@]2(C(=O)NC(Cc3ccccc3)C(=O)O)CC[C@]3(C)[C@H](CC[C@@H]4[C@@]5(C)CC[C@H](OC(=O)CC(C)(C)C(=O)O)C(C)(C)[C@@H]5CC[C@]43C)[C@@H]12. The normalized spacial score (nSPS) is 39.2. The molecule has 1 unspecified atom stereocenters. The van der Waals surface area contributed by atoms with Crippen molar-refractivity contribution in [3.8, 4) is 0 Å². The zero-order chi connectivity index (χ0) is 38.9. The fraction of sp³-hybridized carbons (Fsp3) is 0.733. The number of fused-ring (bicyclic) bond motifs is 7. The molecule has 0 aliphatic heterocycles. The van der Waals surface area contributed by atoms with E-state index in [0.29, 0.717) is 17.8 Å². The Morgan fingerprint density at radius 1 is 0.868 bits per heavy atom. The Hall–Kier alpha value is -3.16. The third kappa shape index (κ3) is 6.26. The first kappa shape index (κ1) is 39.5. The monoisotopic (exact) mass is 731 g/mol. The van der Waals surface area contributed by atoms with Gasteiger partial charge in [0.05, 0.1) is 17.3 Å². The molecule has 8 nitrogen and oxygen atoms in total. The zero-order valence-corrected chi connectivity index (χ0v) is 33.6. The Kier molecular flexibility index (Phi) is 10.1. The summed E-state index contributed by atoms with van der Waals surface area (Å²) < 4.78 is 6.16. The minimum atomic E-state index is -1.17. The van der Waals surface area contributed by atoms with Gasteiger partial charge in [-0.2, -0.15) is 0 Å². The fourth-order valence-electron chi connectivity index (χ4n) is 13.7. The van der Waals surface area contributed by atoms with E-state index in [9.17, 15) is 29.4 Å². The highest BCUT2D eigenvalue weighted by molar-refractivity contribution is 5.88. The maximum absolute atomic E-state index is 14.7. The number of ether oxygens (including phenoxy) is 1. The van der Waals surface area contributed by atoms with E-state index in [1.807, 2.05) is 30.3 Å². The van der Waals surface area contributed by atoms with Crippen molar-refractivity contribution in [2.75, 3.05) is 0 Å². The quantitative estimate of drug-likeness (QED) is 0.162. The Balaban J connectivity index is 1.26. The number of esters is 1. The summed E-state index contributed by atoms with van der Waals surface area (Å²) in [5.41, 5.74) is 0.0902. The van der Waals surface area contributed by atoms with Crippen molar-refractivity contribution in [2.24, 2.45) is 62.1 Å². The van der Waals surface area contributed by atoms with Gasteiger partial charge in [0.2, 0.25) is 5.91 Å². The van der Waals surface area contributed by atoms with Crippen molar-refractivity contribution >= 4 is 23.8 Å². The number of hydrogen-bond acceptors (Lipinski definition) is 5. The number of carboxylic acid groups (broad SMARTS) is 2. The second kappa shape index (κ2) is 13.5. The Labute approximate surface area is 317 Å². The van der Waals surface area contributed by atoms with Crippen LogP contribution in [0.5, 0.6) is 0 Å². The van der Waals surface area contributed by atoms with Gasteiger partial charge in [0.1, 0.15) is 12.1 Å². The molecule has 53 heavy (non-hydrogen) atoms. The molecule has 11 atom stereocenters. The van der Waals surface area contributed by atoms with Gasteiger partial charge in [-0.3, -0.25) is 14.4 Å². The van der Waals surface area contributed by atoms with Gasteiger partial charge in [0.25, 0.3) is 0 Å². The van der Waals surface area contributed by atoms with Gasteiger partial charge in [-0.1, -0.05) is 77.1 Å². The van der Waals surface area contributed by atoms with Crippen molar-refractivity contribution in [2.45, 2.75) is 145 Å². The van der Waals surface area contributed by atoms with Gasteiger partial charge in [0, 0.05) is 11.8 Å². The first-order chi connectivity index (χ1) is 24.6. The first-order valence-corrected chi connectivity index (χ1v) is 20.3. The summed E-state index contributed by atoms with van der Waals surface area (Å²) in [7, 11) is 0. The molecule has 0 heterocycles. The van der Waals surface area contributed by atoms with E-state index >= 15 is 0 Å². The number of carboxylic acids is 2. The van der Waals surface area contributed by atoms with Gasteiger partial charge < -0.3 is 20.3 Å². The molecule has 0 spiro atoms. The minimum absolute atomic E-state index is 0.00247. The first-order valence-electron chi connectivity index (χ1n) is 20.3. The molecule has 1 amide bonds. The van der Waals surface area contributed by atoms with Crippen LogP contribution >= 0.6 is 0 Å². The van der Waals surface area contributed by atoms with Crippen molar-refractivity contribution < 1.29 is 34.1 Å². The molecule has 6 rings (SSSR count). The lowest BCUT2D eigenvalue weighted by Gasteiger charge is -2.72. The number of allylic oxidation sites excluding steroid dienone is 1. The molecular formula is C45H65NO7. The van der Waals surface area contributed by atoms with Crippen LogP contribution in [0, 0.1) is 62.1 Å². The number of rotatable bonds is 10. The fourth-order valence-corrected chi connectivity index (χ4v) is 13.7. The number of carbonyl (C=O) groups excluding carboxylic acids is 2. The van der Waals surface area contributed by atoms with E-state index < -0.39 is 34.8 Å². The summed E-state index contributed by atoms with van der Waals surface area (Å²) in [6.07, 6.45) is 9.19. The molecule has 0 aromatic heterocycles. The van der Waals surface area contributed by atoms with Crippen molar-refractivity contribution in [3.63, 3.8) is 0 Å². The van der Waals surface area contributed by atoms with Crippen molar-refractivity contribution in [1.29, 1.82) is 0 Å². The molecule has 3 N–H and O–H groups in total. The summed E-state index contributed by atoms with van der Waals surface area (Å²) in [6.45, 7) is 21.8. The number of benzene rings is 1. The Morgan fingerprint density at radius 2 is 1.55 bits per heavy atom. The van der Waals surface area contributed by atoms with Crippen LogP contribution in [0.2, 0.25) is 0 Å². The summed E-state index contributed by atoms with van der Waals surface area (Å²) >= 11 is 0. The van der Waals surface area contributed by atoms with Gasteiger partial charge in [0.15, 0.2) is 0 Å². The molecule has 1 aromatic rings. The highest BCUT2D eigenvalue weighted by atomic mass is 16.5. The molecule has 5 aliphatic carbocycles. The van der Waals surface area contributed by atoms with Crippen LogP contribution in [0.25, 0.3) is 0 Å². The minimum Gasteiger partial charge on any atom is -0.481 e. The van der Waals surface area contributed by atoms with E-state index in [0.717, 1.165) is 75.3 Å². The number of nitrogens with one attached hydrogen (secondary N) is 1. The topological polar surface area (TPSA) is 130 Å². The standard InChI is InChI=1S/C45H65NO7/c1-27(2)29-17-22-45(38(50)46-31(37(48)49)25-28-13-11-10-12-14-28)24-23-43(8)30(36(29)45)15-16-33-42(7)20-19-34(53-35(47)26-40(3,4)39(51)52)41(5,6)32(42)18-21-44(33,43)9/h10-14,29-34,36H,1,15-26H2,2-9H3,(H,46,50)(H,48,49)(H,51,52)/t29-,30+,31?,32-,33+,34-,36+,42-,43+,44+,45-/m0/s1. The van der Waals surface area contributed by atoms with Crippen LogP contribution in [0.15, 0.2) is 42.5 Å². The van der Waals surface area contributed by atoms with Gasteiger partial charge in [-0.15, -0.1) is 0 Å². The lowest BCUT2D eigenvalue weighted by atomic mass is 9.32. The van der Waals surface area contributed by atoms with Crippen LogP contribution < -0.4 is 5.32 Å². The zero-order valence-electron chi connectivity index (χ0n) is 33.6. The Bertz CT molecular complexity index is 1630. The number of aliphatic carboxylic acids is 2. The average molecular weight is 732 g/mol. The molecular weight excluding hydrogens is 666 g/mol. The van der Waals surface area contributed by atoms with Crippen molar-refractivity contribution in [3.05, 3.63) is 48.0 Å². The highest BCUT2D eigenvalue weighted by Gasteiger charge is 2.72. The van der Waals surface area contributed by atoms with Crippen LogP contribution in [-0.4, -0.2) is 46.2 Å². The Morgan fingerprint density at radius 3 is 2.17 bits per heavy atom. The van der Waals surface area contributed by atoms with Gasteiger partial charge >= 0.3 is 17.9 Å². The third-order valence-corrected chi connectivity index (χ3v) is 16.8. The molecule has 1 aromatic carbocycles. The second-order valence-corrected chi connectivity index (χ2v) is 20.1. The molecule has 5 aliphatic rings. The van der Waals surface area contributed by atoms with Gasteiger partial charge in [-0.05, 0) is 136 Å². The summed E-state index contributed by atoms with van der Waals surface area (Å²) in [6, 6.07) is 8.56. The smallest absolute Gasteiger partial charge is 0.326 e. The predicted molar refractivity (Wildman–Crippen MR) is 205 cm³/mol. The average Bonchev–Trinajstić information content (AvgIpc) is 3.48. The van der Waals surface area contributed by atoms with Crippen molar-refractivity contribution in [1.82, 2.24) is 5.32 Å². The second-order valence-electron chi connectivity index (χ2n) is 20.1. The molecule has 0 saturated heterocycles. The van der Waals surface area contributed by atoms with Crippen LogP contribution in [0.4, 0.5) is 0 Å². The van der Waals surface area contributed by atoms with E-state index in [-0.39, 0.29) is 58.3 Å². The lowest BCUT2D eigenvalue weighted by Crippen LogP contribution is -2.67. The third-order valence-electron chi connectivity index (χ3n) is 16.8. The largest absolute Gasteiger partial charge is 0.481 e. The van der Waals surface area contributed by atoms with Gasteiger partial charge in [-0.25, -0.2) is 4.79 Å². The number of amides is 1. The van der Waals surface area contributed by atoms with E-state index in [1.165, 1.54) is 0 Å². The molecule has 5 saturated carbocycles. The molecule has 292 valence electrons. The molecule has 5 fully saturated rings. The molecule has 0 radical (unpaired) electrons. The van der Waals surface area contributed by atoms with E-state index in [4.69, 9.17) is 4.74 Å². The molecule has 0 bridgehead atoms. The van der Waals surface area contributed by atoms with Crippen LogP contribution in [0.3, 0.4) is 0 Å².